The van der Waals surface area contributed by atoms with Crippen molar-refractivity contribution in [1.82, 2.24) is 0 Å². The number of furan rings is 1. The smallest absolute Gasteiger partial charge is 0.125 e. The molecule has 2 aromatic rings. The van der Waals surface area contributed by atoms with E-state index in [9.17, 15) is 0 Å². The zero-order chi connectivity index (χ0) is 12.3. The van der Waals surface area contributed by atoms with Gasteiger partial charge in [-0.05, 0) is 43.2 Å². The van der Waals surface area contributed by atoms with Gasteiger partial charge >= 0.3 is 0 Å². The zero-order valence-electron chi connectivity index (χ0n) is 10.0. The van der Waals surface area contributed by atoms with Gasteiger partial charge in [0.2, 0.25) is 0 Å². The first-order valence-electron chi connectivity index (χ1n) is 5.76. The number of aryl methyl sites for hydroxylation is 1. The summed E-state index contributed by atoms with van der Waals surface area (Å²) in [5.41, 5.74) is 2.34. The predicted octanol–water partition coefficient (Wildman–Crippen LogP) is 4.91. The molecule has 0 spiro atoms. The van der Waals surface area contributed by atoms with Gasteiger partial charge in [0.15, 0.2) is 0 Å². The van der Waals surface area contributed by atoms with Gasteiger partial charge in [-0.2, -0.15) is 0 Å². The van der Waals surface area contributed by atoms with Crippen molar-refractivity contribution in [3.8, 4) is 0 Å². The van der Waals surface area contributed by atoms with Crippen LogP contribution in [-0.4, -0.2) is 0 Å². The number of rotatable bonds is 4. The Kier molecular flexibility index (Phi) is 3.89. The molecule has 0 saturated carbocycles. The van der Waals surface area contributed by atoms with Crippen molar-refractivity contribution < 1.29 is 4.42 Å². The Balaban J connectivity index is 2.16. The Morgan fingerprint density at radius 3 is 2.76 bits per heavy atom. The van der Waals surface area contributed by atoms with Crippen molar-refractivity contribution in [2.24, 2.45) is 0 Å². The summed E-state index contributed by atoms with van der Waals surface area (Å²) < 4.78 is 6.56. The molecule has 0 amide bonds. The van der Waals surface area contributed by atoms with E-state index < -0.39 is 0 Å². The number of benzene rings is 1. The maximum Gasteiger partial charge on any atom is 0.125 e. The molecule has 1 aromatic heterocycles. The summed E-state index contributed by atoms with van der Waals surface area (Å²) in [7, 11) is 0. The van der Waals surface area contributed by atoms with Crippen LogP contribution in [0.15, 0.2) is 45.5 Å². The lowest BCUT2D eigenvalue weighted by Gasteiger charge is -2.16. The second-order valence-electron chi connectivity index (χ2n) is 4.08. The van der Waals surface area contributed by atoms with E-state index in [0.717, 1.165) is 22.3 Å². The van der Waals surface area contributed by atoms with Crippen LogP contribution in [0.2, 0.25) is 0 Å². The fourth-order valence-corrected chi connectivity index (χ4v) is 2.13. The summed E-state index contributed by atoms with van der Waals surface area (Å²) in [5.74, 6) is 0.976. The number of hydrogen-bond acceptors (Lipinski definition) is 2. The molecule has 1 N–H and O–H groups in total. The van der Waals surface area contributed by atoms with E-state index in [2.05, 4.69) is 53.3 Å². The summed E-state index contributed by atoms with van der Waals surface area (Å²) >= 11 is 3.54. The average molecular weight is 294 g/mol. The molecule has 17 heavy (non-hydrogen) atoms. The fraction of sp³-hybridized carbons (Fsp3) is 0.286. The summed E-state index contributed by atoms with van der Waals surface area (Å²) in [6, 6.07) is 10.4. The molecule has 2 rings (SSSR count). The van der Waals surface area contributed by atoms with Gasteiger partial charge in [-0.1, -0.05) is 28.9 Å². The third kappa shape index (κ3) is 2.91. The van der Waals surface area contributed by atoms with Crippen molar-refractivity contribution >= 4 is 21.6 Å². The minimum atomic E-state index is 0.222. The van der Waals surface area contributed by atoms with Crippen molar-refractivity contribution in [3.05, 3.63) is 52.4 Å². The van der Waals surface area contributed by atoms with E-state index in [4.69, 9.17) is 4.42 Å². The van der Waals surface area contributed by atoms with Gasteiger partial charge in [-0.25, -0.2) is 0 Å². The zero-order valence-corrected chi connectivity index (χ0v) is 11.6. The summed E-state index contributed by atoms with van der Waals surface area (Å²) in [5, 5.41) is 3.48. The van der Waals surface area contributed by atoms with Crippen LogP contribution in [0.25, 0.3) is 0 Å². The highest BCUT2D eigenvalue weighted by Gasteiger charge is 2.11. The Morgan fingerprint density at radius 2 is 2.18 bits per heavy atom. The molecule has 0 aliphatic rings. The Labute approximate surface area is 110 Å². The Morgan fingerprint density at radius 1 is 1.35 bits per heavy atom. The van der Waals surface area contributed by atoms with E-state index >= 15 is 0 Å². The highest BCUT2D eigenvalue weighted by Crippen LogP contribution is 2.26. The fourth-order valence-electron chi connectivity index (χ4n) is 1.75. The maximum atomic E-state index is 5.44. The minimum Gasteiger partial charge on any atom is -0.467 e. The summed E-state index contributed by atoms with van der Waals surface area (Å²) in [4.78, 5) is 0. The third-order valence-corrected chi connectivity index (χ3v) is 3.66. The molecular weight excluding hydrogens is 278 g/mol. The number of hydrogen-bond donors (Lipinski definition) is 1. The Hall–Kier alpha value is -1.22. The molecular formula is C14H16BrNO. The highest BCUT2D eigenvalue weighted by molar-refractivity contribution is 9.10. The second-order valence-corrected chi connectivity index (χ2v) is 4.94. The number of halogens is 1. The lowest BCUT2D eigenvalue weighted by Crippen LogP contribution is -2.08. The van der Waals surface area contributed by atoms with Crippen LogP contribution in [0, 0.1) is 6.92 Å². The van der Waals surface area contributed by atoms with Crippen molar-refractivity contribution in [2.75, 3.05) is 5.32 Å². The monoisotopic (exact) mass is 293 g/mol. The lowest BCUT2D eigenvalue weighted by atomic mass is 10.1. The van der Waals surface area contributed by atoms with Crippen LogP contribution in [0.3, 0.4) is 0 Å². The summed E-state index contributed by atoms with van der Waals surface area (Å²) in [6.07, 6.45) is 2.70. The molecule has 0 aliphatic heterocycles. The second kappa shape index (κ2) is 5.41. The molecule has 0 saturated heterocycles. The molecule has 3 heteroatoms. The quantitative estimate of drug-likeness (QED) is 0.866. The lowest BCUT2D eigenvalue weighted by molar-refractivity contribution is 0.474. The molecule has 1 atom stereocenters. The first-order chi connectivity index (χ1) is 8.20. The molecule has 1 heterocycles. The van der Waals surface area contributed by atoms with E-state index in [1.54, 1.807) is 6.26 Å². The molecule has 0 bridgehead atoms. The number of nitrogens with one attached hydrogen (secondary N) is 1. The molecule has 1 unspecified atom stereocenters. The van der Waals surface area contributed by atoms with Crippen LogP contribution in [-0.2, 0) is 0 Å². The van der Waals surface area contributed by atoms with Crippen LogP contribution in [0.5, 0.6) is 0 Å². The molecule has 0 radical (unpaired) electrons. The summed E-state index contributed by atoms with van der Waals surface area (Å²) in [6.45, 7) is 4.22. The minimum absolute atomic E-state index is 0.222. The van der Waals surface area contributed by atoms with E-state index in [0.29, 0.717) is 0 Å². The van der Waals surface area contributed by atoms with Crippen molar-refractivity contribution in [2.45, 2.75) is 26.3 Å². The molecule has 2 nitrogen and oxygen atoms in total. The first-order valence-corrected chi connectivity index (χ1v) is 6.56. The highest BCUT2D eigenvalue weighted by atomic mass is 79.9. The van der Waals surface area contributed by atoms with Gasteiger partial charge in [0.1, 0.15) is 5.76 Å². The van der Waals surface area contributed by atoms with Crippen molar-refractivity contribution in [1.29, 1.82) is 0 Å². The van der Waals surface area contributed by atoms with Crippen LogP contribution >= 0.6 is 15.9 Å². The van der Waals surface area contributed by atoms with E-state index in [-0.39, 0.29) is 6.04 Å². The molecule has 0 fully saturated rings. The van der Waals surface area contributed by atoms with Gasteiger partial charge in [0.25, 0.3) is 0 Å². The van der Waals surface area contributed by atoms with Crippen molar-refractivity contribution in [3.63, 3.8) is 0 Å². The van der Waals surface area contributed by atoms with E-state index in [1.165, 1.54) is 5.56 Å². The van der Waals surface area contributed by atoms with Gasteiger partial charge in [0.05, 0.1) is 12.3 Å². The van der Waals surface area contributed by atoms with E-state index in [1.807, 2.05) is 12.1 Å². The largest absolute Gasteiger partial charge is 0.467 e. The molecule has 0 aliphatic carbocycles. The van der Waals surface area contributed by atoms with Gasteiger partial charge in [-0.15, -0.1) is 0 Å². The molecule has 1 aromatic carbocycles. The normalized spacial score (nSPS) is 12.4. The van der Waals surface area contributed by atoms with Gasteiger partial charge in [0, 0.05) is 10.2 Å². The maximum absolute atomic E-state index is 5.44. The average Bonchev–Trinajstić information content (AvgIpc) is 2.84. The Bertz CT molecular complexity index is 479. The standard InChI is InChI=1S/C14H16BrNO/c1-3-13(14-5-4-8-17-14)16-11-7-6-10(2)12(15)9-11/h4-9,13,16H,3H2,1-2H3. The first kappa shape index (κ1) is 12.2. The van der Waals surface area contributed by atoms with Crippen LogP contribution in [0.1, 0.15) is 30.7 Å². The van der Waals surface area contributed by atoms with Gasteiger partial charge in [-0.3, -0.25) is 0 Å². The van der Waals surface area contributed by atoms with Gasteiger partial charge < -0.3 is 9.73 Å². The SMILES string of the molecule is CCC(Nc1ccc(C)c(Br)c1)c1ccco1. The number of anilines is 1. The van der Waals surface area contributed by atoms with Crippen LogP contribution < -0.4 is 5.32 Å². The topological polar surface area (TPSA) is 25.2 Å². The predicted molar refractivity (Wildman–Crippen MR) is 74.2 cm³/mol. The molecule has 90 valence electrons. The van der Waals surface area contributed by atoms with Crippen LogP contribution in [0.4, 0.5) is 5.69 Å². The third-order valence-electron chi connectivity index (χ3n) is 2.81.